The van der Waals surface area contributed by atoms with Crippen LogP contribution < -0.4 is 0 Å². The van der Waals surface area contributed by atoms with Crippen LogP contribution in [0.2, 0.25) is 0 Å². The van der Waals surface area contributed by atoms with E-state index >= 15 is 0 Å². The second-order valence-corrected chi connectivity index (χ2v) is 3.36. The smallest absolute Gasteiger partial charge is 0.227 e. The SMILES string of the molecule is Cc1ccc(C(=O)C2=COCCC2)o1. The molecule has 0 radical (unpaired) electrons. The summed E-state index contributed by atoms with van der Waals surface area (Å²) in [5.74, 6) is 1.10. The fraction of sp³-hybridized carbons (Fsp3) is 0.364. The Morgan fingerprint density at radius 1 is 1.43 bits per heavy atom. The van der Waals surface area contributed by atoms with Gasteiger partial charge in [-0.1, -0.05) is 0 Å². The number of ketones is 1. The van der Waals surface area contributed by atoms with Gasteiger partial charge >= 0.3 is 0 Å². The van der Waals surface area contributed by atoms with E-state index in [-0.39, 0.29) is 5.78 Å². The molecule has 0 atom stereocenters. The highest BCUT2D eigenvalue weighted by Gasteiger charge is 2.17. The average molecular weight is 192 g/mol. The third kappa shape index (κ3) is 1.71. The molecule has 0 N–H and O–H groups in total. The number of carbonyl (C=O) groups excluding carboxylic acids is 1. The summed E-state index contributed by atoms with van der Waals surface area (Å²) in [6.45, 7) is 2.52. The molecule has 1 aromatic heterocycles. The van der Waals surface area contributed by atoms with E-state index in [0.717, 1.165) is 18.6 Å². The second-order valence-electron chi connectivity index (χ2n) is 3.36. The van der Waals surface area contributed by atoms with Gasteiger partial charge in [-0.2, -0.15) is 0 Å². The molecular formula is C11H12O3. The number of Topliss-reactive ketones (excluding diaryl/α,β-unsaturated/α-hetero) is 1. The Morgan fingerprint density at radius 3 is 2.86 bits per heavy atom. The maximum atomic E-state index is 11.8. The van der Waals surface area contributed by atoms with E-state index in [0.29, 0.717) is 17.9 Å². The van der Waals surface area contributed by atoms with E-state index in [1.807, 2.05) is 6.92 Å². The zero-order chi connectivity index (χ0) is 9.97. The van der Waals surface area contributed by atoms with Crippen molar-refractivity contribution >= 4 is 5.78 Å². The predicted octanol–water partition coefficient (Wildman–Crippen LogP) is 2.47. The van der Waals surface area contributed by atoms with Gasteiger partial charge in [0.1, 0.15) is 5.76 Å². The summed E-state index contributed by atoms with van der Waals surface area (Å²) < 4.78 is 10.4. The van der Waals surface area contributed by atoms with Crippen molar-refractivity contribution in [2.75, 3.05) is 6.61 Å². The van der Waals surface area contributed by atoms with Crippen LogP contribution in [0.25, 0.3) is 0 Å². The first-order valence-electron chi connectivity index (χ1n) is 4.69. The first-order chi connectivity index (χ1) is 6.77. The molecule has 0 saturated carbocycles. The van der Waals surface area contributed by atoms with Gasteiger partial charge in [0.15, 0.2) is 5.76 Å². The van der Waals surface area contributed by atoms with Crippen molar-refractivity contribution in [3.8, 4) is 0 Å². The minimum Gasteiger partial charge on any atom is -0.501 e. The summed E-state index contributed by atoms with van der Waals surface area (Å²) >= 11 is 0. The van der Waals surface area contributed by atoms with Crippen molar-refractivity contribution in [2.24, 2.45) is 0 Å². The molecule has 0 aromatic carbocycles. The standard InChI is InChI=1S/C11H12O3/c1-8-4-5-10(14-8)11(12)9-3-2-6-13-7-9/h4-5,7H,2-3,6H2,1H3. The van der Waals surface area contributed by atoms with E-state index in [1.165, 1.54) is 0 Å². The number of ether oxygens (including phenoxy) is 1. The van der Waals surface area contributed by atoms with Crippen LogP contribution in [0.15, 0.2) is 28.4 Å². The lowest BCUT2D eigenvalue weighted by atomic mass is 10.0. The van der Waals surface area contributed by atoms with Gasteiger partial charge in [0.25, 0.3) is 0 Å². The number of allylic oxidation sites excluding steroid dienone is 1. The molecule has 0 amide bonds. The molecule has 2 rings (SSSR count). The summed E-state index contributed by atoms with van der Waals surface area (Å²) in [7, 11) is 0. The Balaban J connectivity index is 2.19. The van der Waals surface area contributed by atoms with Crippen LogP contribution in [0.3, 0.4) is 0 Å². The van der Waals surface area contributed by atoms with Crippen LogP contribution in [0.1, 0.15) is 29.2 Å². The largest absolute Gasteiger partial charge is 0.501 e. The van der Waals surface area contributed by atoms with Crippen molar-refractivity contribution in [1.82, 2.24) is 0 Å². The quantitative estimate of drug-likeness (QED) is 0.676. The van der Waals surface area contributed by atoms with Gasteiger partial charge < -0.3 is 9.15 Å². The Bertz CT molecular complexity index is 374. The van der Waals surface area contributed by atoms with Gasteiger partial charge in [-0.25, -0.2) is 0 Å². The molecule has 2 heterocycles. The molecule has 0 saturated heterocycles. The lowest BCUT2D eigenvalue weighted by molar-refractivity contribution is 0.0983. The van der Waals surface area contributed by atoms with E-state index in [4.69, 9.17) is 9.15 Å². The summed E-state index contributed by atoms with van der Waals surface area (Å²) in [4.78, 5) is 11.8. The van der Waals surface area contributed by atoms with E-state index in [2.05, 4.69) is 0 Å². The molecule has 0 aliphatic carbocycles. The molecule has 0 bridgehead atoms. The van der Waals surface area contributed by atoms with E-state index in [9.17, 15) is 4.79 Å². The second kappa shape index (κ2) is 3.70. The minimum atomic E-state index is -0.0576. The highest BCUT2D eigenvalue weighted by Crippen LogP contribution is 2.18. The molecule has 74 valence electrons. The Morgan fingerprint density at radius 2 is 2.29 bits per heavy atom. The molecule has 1 aromatic rings. The average Bonchev–Trinajstić information content (AvgIpc) is 2.65. The number of rotatable bonds is 2. The highest BCUT2D eigenvalue weighted by molar-refractivity contribution is 6.06. The summed E-state index contributed by atoms with van der Waals surface area (Å²) in [6.07, 6.45) is 3.22. The van der Waals surface area contributed by atoms with Crippen molar-refractivity contribution in [1.29, 1.82) is 0 Å². The van der Waals surface area contributed by atoms with E-state index in [1.54, 1.807) is 18.4 Å². The van der Waals surface area contributed by atoms with Crippen molar-refractivity contribution in [3.05, 3.63) is 35.5 Å². The fourth-order valence-corrected chi connectivity index (χ4v) is 1.45. The number of aryl methyl sites for hydroxylation is 1. The zero-order valence-electron chi connectivity index (χ0n) is 8.08. The molecular weight excluding hydrogens is 180 g/mol. The van der Waals surface area contributed by atoms with Crippen LogP contribution in [-0.4, -0.2) is 12.4 Å². The third-order valence-corrected chi connectivity index (χ3v) is 2.19. The summed E-state index contributed by atoms with van der Waals surface area (Å²) in [5, 5.41) is 0. The molecule has 3 nitrogen and oxygen atoms in total. The lowest BCUT2D eigenvalue weighted by Crippen LogP contribution is -2.08. The summed E-state index contributed by atoms with van der Waals surface area (Å²) in [5.41, 5.74) is 0.700. The normalized spacial score (nSPS) is 15.9. The maximum absolute atomic E-state index is 11.8. The molecule has 0 fully saturated rings. The van der Waals surface area contributed by atoms with Gasteiger partial charge in [-0.15, -0.1) is 0 Å². The molecule has 1 aliphatic rings. The van der Waals surface area contributed by atoms with Gasteiger partial charge in [-0.3, -0.25) is 4.79 Å². The number of hydrogen-bond acceptors (Lipinski definition) is 3. The fourth-order valence-electron chi connectivity index (χ4n) is 1.45. The predicted molar refractivity (Wildman–Crippen MR) is 51.0 cm³/mol. The van der Waals surface area contributed by atoms with Gasteiger partial charge in [0, 0.05) is 5.57 Å². The van der Waals surface area contributed by atoms with Crippen LogP contribution >= 0.6 is 0 Å². The third-order valence-electron chi connectivity index (χ3n) is 2.19. The molecule has 14 heavy (non-hydrogen) atoms. The highest BCUT2D eigenvalue weighted by atomic mass is 16.5. The Labute approximate surface area is 82.4 Å². The van der Waals surface area contributed by atoms with Crippen molar-refractivity contribution in [3.63, 3.8) is 0 Å². The summed E-state index contributed by atoms with van der Waals surface area (Å²) in [6, 6.07) is 3.49. The molecule has 0 unspecified atom stereocenters. The first kappa shape index (κ1) is 9.06. The van der Waals surface area contributed by atoms with Gasteiger partial charge in [-0.05, 0) is 31.9 Å². The first-order valence-corrected chi connectivity index (χ1v) is 4.69. The van der Waals surface area contributed by atoms with Crippen LogP contribution in [0.4, 0.5) is 0 Å². The van der Waals surface area contributed by atoms with Crippen LogP contribution in [0, 0.1) is 6.92 Å². The van der Waals surface area contributed by atoms with E-state index < -0.39 is 0 Å². The molecule has 0 spiro atoms. The Kier molecular flexibility index (Phi) is 2.39. The lowest BCUT2D eigenvalue weighted by Gasteiger charge is -2.11. The van der Waals surface area contributed by atoms with Crippen LogP contribution in [-0.2, 0) is 4.74 Å². The maximum Gasteiger partial charge on any atom is 0.227 e. The number of carbonyl (C=O) groups is 1. The zero-order valence-corrected chi connectivity index (χ0v) is 8.08. The number of furan rings is 1. The topological polar surface area (TPSA) is 39.4 Å². The number of hydrogen-bond donors (Lipinski definition) is 0. The minimum absolute atomic E-state index is 0.0576. The van der Waals surface area contributed by atoms with Crippen molar-refractivity contribution in [2.45, 2.75) is 19.8 Å². The van der Waals surface area contributed by atoms with Gasteiger partial charge in [0.05, 0.1) is 12.9 Å². The molecule has 1 aliphatic heterocycles. The Hall–Kier alpha value is -1.51. The monoisotopic (exact) mass is 192 g/mol. The van der Waals surface area contributed by atoms with Crippen molar-refractivity contribution < 1.29 is 13.9 Å². The van der Waals surface area contributed by atoms with Gasteiger partial charge in [0.2, 0.25) is 5.78 Å². The van der Waals surface area contributed by atoms with Crippen LogP contribution in [0.5, 0.6) is 0 Å². The molecule has 3 heteroatoms.